The Morgan fingerprint density at radius 3 is 2.56 bits per heavy atom. The number of benzene rings is 1. The maximum atomic E-state index is 5.68. The molecule has 1 aromatic carbocycles. The highest BCUT2D eigenvalue weighted by atomic mass is 79.9. The van der Waals surface area contributed by atoms with Crippen LogP contribution >= 0.6 is 15.9 Å². The van der Waals surface area contributed by atoms with Gasteiger partial charge in [0.25, 0.3) is 0 Å². The molecule has 0 spiro atoms. The molecule has 96 valence electrons. The zero-order valence-corrected chi connectivity index (χ0v) is 12.2. The van der Waals surface area contributed by atoms with E-state index in [9.17, 15) is 0 Å². The van der Waals surface area contributed by atoms with Crippen molar-refractivity contribution in [2.45, 2.75) is 13.0 Å². The lowest BCUT2D eigenvalue weighted by atomic mass is 10.0. The minimum atomic E-state index is 0.0425. The Morgan fingerprint density at radius 1 is 1.28 bits per heavy atom. The van der Waals surface area contributed by atoms with Crippen molar-refractivity contribution in [2.24, 2.45) is 0 Å². The number of rotatable bonds is 4. The Hall–Kier alpha value is -1.26. The molecule has 1 unspecified atom stereocenters. The third kappa shape index (κ3) is 2.60. The van der Waals surface area contributed by atoms with Crippen molar-refractivity contribution in [1.29, 1.82) is 0 Å². The molecular weight excluding hydrogens is 294 g/mol. The molecule has 3 nitrogen and oxygen atoms in total. The molecule has 2 rings (SSSR count). The lowest BCUT2D eigenvalue weighted by Gasteiger charge is -2.15. The van der Waals surface area contributed by atoms with Crippen molar-refractivity contribution in [3.63, 3.8) is 0 Å². The molecule has 2 aromatic rings. The minimum Gasteiger partial charge on any atom is -0.496 e. The van der Waals surface area contributed by atoms with Crippen LogP contribution in [0.2, 0.25) is 0 Å². The second-order valence-electron chi connectivity index (χ2n) is 4.06. The molecule has 0 bridgehead atoms. The molecule has 4 heteroatoms. The lowest BCUT2D eigenvalue weighted by molar-refractivity contribution is 0.411. The molecular formula is C14H16BrNO2. The van der Waals surface area contributed by atoms with Gasteiger partial charge in [-0.1, -0.05) is 6.07 Å². The smallest absolute Gasteiger partial charge is 0.133 e. The van der Waals surface area contributed by atoms with Crippen molar-refractivity contribution in [2.75, 3.05) is 14.2 Å². The summed E-state index contributed by atoms with van der Waals surface area (Å²) >= 11 is 3.50. The van der Waals surface area contributed by atoms with E-state index in [0.29, 0.717) is 0 Å². The summed E-state index contributed by atoms with van der Waals surface area (Å²) in [6.07, 6.45) is 0. The summed E-state index contributed by atoms with van der Waals surface area (Å²) in [5, 5.41) is 3.26. The van der Waals surface area contributed by atoms with Gasteiger partial charge in [-0.15, -0.1) is 0 Å². The fourth-order valence-corrected chi connectivity index (χ4v) is 2.50. The van der Waals surface area contributed by atoms with E-state index < -0.39 is 0 Å². The molecule has 0 saturated carbocycles. The van der Waals surface area contributed by atoms with Crippen LogP contribution in [0.4, 0.5) is 0 Å². The monoisotopic (exact) mass is 309 g/mol. The van der Waals surface area contributed by atoms with Crippen LogP contribution in [0, 0.1) is 6.92 Å². The highest BCUT2D eigenvalue weighted by molar-refractivity contribution is 9.10. The van der Waals surface area contributed by atoms with E-state index >= 15 is 0 Å². The van der Waals surface area contributed by atoms with E-state index in [4.69, 9.17) is 9.15 Å². The van der Waals surface area contributed by atoms with E-state index in [2.05, 4.69) is 21.2 Å². The van der Waals surface area contributed by atoms with Gasteiger partial charge in [0, 0.05) is 0 Å². The van der Waals surface area contributed by atoms with Crippen molar-refractivity contribution in [3.8, 4) is 5.75 Å². The van der Waals surface area contributed by atoms with Crippen LogP contribution in [-0.4, -0.2) is 14.2 Å². The second-order valence-corrected chi connectivity index (χ2v) is 4.92. The van der Waals surface area contributed by atoms with Crippen LogP contribution in [0.15, 0.2) is 39.2 Å². The summed E-state index contributed by atoms with van der Waals surface area (Å²) in [4.78, 5) is 0. The number of nitrogens with one attached hydrogen (secondary N) is 1. The van der Waals surface area contributed by atoms with Crippen LogP contribution < -0.4 is 10.1 Å². The number of halogens is 1. The summed E-state index contributed by atoms with van der Waals surface area (Å²) < 4.78 is 11.8. The molecule has 0 aliphatic rings. The number of hydrogen-bond donors (Lipinski definition) is 1. The van der Waals surface area contributed by atoms with Gasteiger partial charge in [-0.2, -0.15) is 0 Å². The van der Waals surface area contributed by atoms with E-state index in [0.717, 1.165) is 27.3 Å². The highest BCUT2D eigenvalue weighted by Gasteiger charge is 2.16. The van der Waals surface area contributed by atoms with Gasteiger partial charge in [0.05, 0.1) is 17.6 Å². The van der Waals surface area contributed by atoms with Crippen LogP contribution in [-0.2, 0) is 0 Å². The molecule has 0 fully saturated rings. The third-order valence-corrected chi connectivity index (χ3v) is 3.46. The summed E-state index contributed by atoms with van der Waals surface area (Å²) in [5.41, 5.74) is 1.12. The molecule has 1 atom stereocenters. The van der Waals surface area contributed by atoms with E-state index in [1.807, 2.05) is 44.3 Å². The van der Waals surface area contributed by atoms with Gasteiger partial charge in [0.2, 0.25) is 0 Å². The molecule has 0 amide bonds. The molecule has 1 aromatic heterocycles. The van der Waals surface area contributed by atoms with E-state index in [-0.39, 0.29) is 6.04 Å². The predicted molar refractivity (Wildman–Crippen MR) is 75.0 cm³/mol. The van der Waals surface area contributed by atoms with Gasteiger partial charge in [-0.3, -0.25) is 0 Å². The maximum absolute atomic E-state index is 5.68. The van der Waals surface area contributed by atoms with Crippen molar-refractivity contribution in [1.82, 2.24) is 5.32 Å². The first-order chi connectivity index (χ1) is 8.65. The van der Waals surface area contributed by atoms with Gasteiger partial charge in [0.15, 0.2) is 0 Å². The minimum absolute atomic E-state index is 0.0425. The van der Waals surface area contributed by atoms with E-state index in [1.165, 1.54) is 0 Å². The molecule has 0 saturated heterocycles. The summed E-state index contributed by atoms with van der Waals surface area (Å²) in [5.74, 6) is 2.65. The molecule has 0 radical (unpaired) electrons. The topological polar surface area (TPSA) is 34.4 Å². The average molecular weight is 310 g/mol. The summed E-state index contributed by atoms with van der Waals surface area (Å²) in [6, 6.07) is 10.0. The van der Waals surface area contributed by atoms with Crippen LogP contribution in [0.5, 0.6) is 5.75 Å². The van der Waals surface area contributed by atoms with Gasteiger partial charge in [-0.05, 0) is 59.7 Å². The van der Waals surface area contributed by atoms with Crippen LogP contribution in [0.3, 0.4) is 0 Å². The Bertz CT molecular complexity index is 536. The SMILES string of the molecule is CNC(c1ccc(OC)c(Br)c1)c1ccc(C)o1. The normalized spacial score (nSPS) is 12.4. The Labute approximate surface area is 115 Å². The molecule has 18 heavy (non-hydrogen) atoms. The Balaban J connectivity index is 2.36. The number of aryl methyl sites for hydroxylation is 1. The molecule has 0 aliphatic heterocycles. The lowest BCUT2D eigenvalue weighted by Crippen LogP contribution is -2.17. The first kappa shape index (κ1) is 13.2. The molecule has 1 heterocycles. The predicted octanol–water partition coefficient (Wildman–Crippen LogP) is 3.67. The summed E-state index contributed by atoms with van der Waals surface area (Å²) in [7, 11) is 3.58. The van der Waals surface area contributed by atoms with Gasteiger partial charge in [0.1, 0.15) is 17.3 Å². The fraction of sp³-hybridized carbons (Fsp3) is 0.286. The standard InChI is InChI=1S/C14H16BrNO2/c1-9-4-6-13(18-9)14(16-2)10-5-7-12(17-3)11(15)8-10/h4-8,14,16H,1-3H3. The van der Waals surface area contributed by atoms with E-state index in [1.54, 1.807) is 7.11 Å². The van der Waals surface area contributed by atoms with Crippen molar-refractivity contribution in [3.05, 3.63) is 51.9 Å². The largest absolute Gasteiger partial charge is 0.496 e. The molecule has 1 N–H and O–H groups in total. The second kappa shape index (κ2) is 5.59. The number of hydrogen-bond acceptors (Lipinski definition) is 3. The van der Waals surface area contributed by atoms with Gasteiger partial charge in [-0.25, -0.2) is 0 Å². The first-order valence-electron chi connectivity index (χ1n) is 5.72. The van der Waals surface area contributed by atoms with Crippen molar-refractivity contribution < 1.29 is 9.15 Å². The van der Waals surface area contributed by atoms with Crippen molar-refractivity contribution >= 4 is 15.9 Å². The van der Waals surface area contributed by atoms with Crippen LogP contribution in [0.1, 0.15) is 23.1 Å². The maximum Gasteiger partial charge on any atom is 0.133 e. The quantitative estimate of drug-likeness (QED) is 0.935. The number of ether oxygens (including phenoxy) is 1. The average Bonchev–Trinajstić information content (AvgIpc) is 2.77. The van der Waals surface area contributed by atoms with Gasteiger partial charge < -0.3 is 14.5 Å². The zero-order chi connectivity index (χ0) is 13.1. The number of furan rings is 1. The third-order valence-electron chi connectivity index (χ3n) is 2.84. The fourth-order valence-electron chi connectivity index (χ4n) is 1.94. The van der Waals surface area contributed by atoms with Gasteiger partial charge >= 0.3 is 0 Å². The number of methoxy groups -OCH3 is 1. The highest BCUT2D eigenvalue weighted by Crippen LogP contribution is 2.31. The zero-order valence-electron chi connectivity index (χ0n) is 10.7. The molecule has 0 aliphatic carbocycles. The first-order valence-corrected chi connectivity index (χ1v) is 6.52. The Kier molecular flexibility index (Phi) is 4.09. The van der Waals surface area contributed by atoms with Crippen LogP contribution in [0.25, 0.3) is 0 Å². The summed E-state index contributed by atoms with van der Waals surface area (Å²) in [6.45, 7) is 1.94. The Morgan fingerprint density at radius 2 is 2.06 bits per heavy atom.